The van der Waals surface area contributed by atoms with Crippen LogP contribution in [-0.2, 0) is 4.79 Å². The fourth-order valence-electron chi connectivity index (χ4n) is 1.79. The Balaban J connectivity index is 2.52. The van der Waals surface area contributed by atoms with Crippen LogP contribution in [0.4, 0.5) is 0 Å². The number of hydrogen-bond donors (Lipinski definition) is 1. The molecule has 0 atom stereocenters. The summed E-state index contributed by atoms with van der Waals surface area (Å²) < 4.78 is 10.5. The molecule has 0 unspecified atom stereocenters. The Morgan fingerprint density at radius 3 is 2.25 bits per heavy atom. The van der Waals surface area contributed by atoms with E-state index in [1.807, 2.05) is 13.8 Å². The molecule has 0 radical (unpaired) electrons. The zero-order valence-corrected chi connectivity index (χ0v) is 12.2. The normalized spacial score (nSPS) is 10.5. The van der Waals surface area contributed by atoms with Gasteiger partial charge in [0.05, 0.1) is 7.11 Å². The SMILES string of the molecule is C#CC(CC)(CC)NC(=O)COc1ccc(OC)cc1. The van der Waals surface area contributed by atoms with Gasteiger partial charge in [0, 0.05) is 0 Å². The van der Waals surface area contributed by atoms with Crippen LogP contribution in [-0.4, -0.2) is 25.2 Å². The van der Waals surface area contributed by atoms with Crippen LogP contribution in [0.15, 0.2) is 24.3 Å². The first-order valence-electron chi connectivity index (χ1n) is 6.64. The van der Waals surface area contributed by atoms with E-state index in [1.165, 1.54) is 0 Å². The monoisotopic (exact) mass is 275 g/mol. The molecule has 1 N–H and O–H groups in total. The second-order valence-corrected chi connectivity index (χ2v) is 4.45. The van der Waals surface area contributed by atoms with Gasteiger partial charge in [-0.1, -0.05) is 19.8 Å². The molecule has 0 aromatic heterocycles. The largest absolute Gasteiger partial charge is 0.497 e. The van der Waals surface area contributed by atoms with Gasteiger partial charge in [-0.2, -0.15) is 0 Å². The van der Waals surface area contributed by atoms with Gasteiger partial charge in [-0.15, -0.1) is 6.42 Å². The summed E-state index contributed by atoms with van der Waals surface area (Å²) in [5, 5.41) is 2.85. The lowest BCUT2D eigenvalue weighted by Gasteiger charge is -2.26. The van der Waals surface area contributed by atoms with Crippen molar-refractivity contribution in [3.05, 3.63) is 24.3 Å². The number of carbonyl (C=O) groups is 1. The van der Waals surface area contributed by atoms with Crippen molar-refractivity contribution in [3.8, 4) is 23.8 Å². The summed E-state index contributed by atoms with van der Waals surface area (Å²) in [4.78, 5) is 11.9. The van der Waals surface area contributed by atoms with E-state index in [4.69, 9.17) is 15.9 Å². The summed E-state index contributed by atoms with van der Waals surface area (Å²) in [5.41, 5.74) is -0.583. The zero-order valence-electron chi connectivity index (χ0n) is 12.2. The summed E-state index contributed by atoms with van der Waals surface area (Å²) in [6.45, 7) is 3.84. The van der Waals surface area contributed by atoms with Crippen molar-refractivity contribution in [1.29, 1.82) is 0 Å². The quantitative estimate of drug-likeness (QED) is 0.777. The fraction of sp³-hybridized carbons (Fsp3) is 0.438. The van der Waals surface area contributed by atoms with E-state index < -0.39 is 5.54 Å². The van der Waals surface area contributed by atoms with Crippen molar-refractivity contribution in [2.45, 2.75) is 32.2 Å². The van der Waals surface area contributed by atoms with Gasteiger partial charge in [-0.05, 0) is 37.1 Å². The van der Waals surface area contributed by atoms with E-state index in [0.717, 1.165) is 5.75 Å². The molecule has 4 nitrogen and oxygen atoms in total. The molecule has 1 aromatic rings. The minimum absolute atomic E-state index is 0.0598. The van der Waals surface area contributed by atoms with Crippen LogP contribution in [0.25, 0.3) is 0 Å². The van der Waals surface area contributed by atoms with Crippen molar-refractivity contribution < 1.29 is 14.3 Å². The maximum absolute atomic E-state index is 11.9. The lowest BCUT2D eigenvalue weighted by atomic mass is 9.94. The molecule has 108 valence electrons. The number of carbonyl (C=O) groups excluding carboxylic acids is 1. The number of methoxy groups -OCH3 is 1. The Morgan fingerprint density at radius 2 is 1.80 bits per heavy atom. The molecule has 0 aliphatic carbocycles. The molecule has 20 heavy (non-hydrogen) atoms. The molecule has 0 aliphatic heterocycles. The van der Waals surface area contributed by atoms with Gasteiger partial charge in [-0.25, -0.2) is 0 Å². The molecule has 1 rings (SSSR count). The average molecular weight is 275 g/mol. The topological polar surface area (TPSA) is 47.6 Å². The molecular weight excluding hydrogens is 254 g/mol. The highest BCUT2D eigenvalue weighted by Gasteiger charge is 2.25. The summed E-state index contributed by atoms with van der Waals surface area (Å²) >= 11 is 0. The molecular formula is C16H21NO3. The third kappa shape index (κ3) is 4.20. The predicted octanol–water partition coefficient (Wildman–Crippen LogP) is 2.38. The van der Waals surface area contributed by atoms with Crippen molar-refractivity contribution >= 4 is 5.91 Å². The number of rotatable bonds is 7. The standard InChI is InChI=1S/C16H21NO3/c1-5-16(6-2,7-3)17-15(18)12-20-14-10-8-13(19-4)9-11-14/h1,8-11H,6-7,12H2,2-4H3,(H,17,18). The number of hydrogen-bond acceptors (Lipinski definition) is 3. The van der Waals surface area contributed by atoms with E-state index in [9.17, 15) is 4.79 Å². The van der Waals surface area contributed by atoms with E-state index >= 15 is 0 Å². The van der Waals surface area contributed by atoms with E-state index in [2.05, 4.69) is 11.2 Å². The lowest BCUT2D eigenvalue weighted by Crippen LogP contribution is -2.48. The Labute approximate surface area is 120 Å². The van der Waals surface area contributed by atoms with Gasteiger partial charge in [0.2, 0.25) is 0 Å². The minimum atomic E-state index is -0.583. The third-order valence-electron chi connectivity index (χ3n) is 3.29. The Hall–Kier alpha value is -2.15. The highest BCUT2D eigenvalue weighted by molar-refractivity contribution is 5.79. The maximum atomic E-state index is 11.9. The summed E-state index contributed by atoms with van der Waals surface area (Å²) in [5.74, 6) is 3.79. The summed E-state index contributed by atoms with van der Waals surface area (Å²) in [6.07, 6.45) is 6.87. The van der Waals surface area contributed by atoms with E-state index in [0.29, 0.717) is 18.6 Å². The van der Waals surface area contributed by atoms with Gasteiger partial charge in [0.1, 0.15) is 17.0 Å². The Morgan fingerprint density at radius 1 is 1.25 bits per heavy atom. The van der Waals surface area contributed by atoms with Crippen LogP contribution in [0, 0.1) is 12.3 Å². The molecule has 0 aliphatic rings. The summed E-state index contributed by atoms with van der Waals surface area (Å²) in [7, 11) is 1.60. The maximum Gasteiger partial charge on any atom is 0.259 e. The van der Waals surface area contributed by atoms with Crippen molar-refractivity contribution in [3.63, 3.8) is 0 Å². The van der Waals surface area contributed by atoms with Crippen LogP contribution in [0.3, 0.4) is 0 Å². The molecule has 0 saturated carbocycles. The molecule has 0 spiro atoms. The lowest BCUT2D eigenvalue weighted by molar-refractivity contribution is -0.124. The second-order valence-electron chi connectivity index (χ2n) is 4.45. The van der Waals surface area contributed by atoms with E-state index in [-0.39, 0.29) is 12.5 Å². The Kier molecular flexibility index (Phi) is 5.92. The molecule has 0 saturated heterocycles. The zero-order chi connectivity index (χ0) is 15.0. The van der Waals surface area contributed by atoms with Gasteiger partial charge in [0.25, 0.3) is 5.91 Å². The number of amides is 1. The predicted molar refractivity (Wildman–Crippen MR) is 78.8 cm³/mol. The van der Waals surface area contributed by atoms with Crippen LogP contribution in [0.5, 0.6) is 11.5 Å². The van der Waals surface area contributed by atoms with Crippen molar-refractivity contribution in [1.82, 2.24) is 5.32 Å². The second kappa shape index (κ2) is 7.44. The summed E-state index contributed by atoms with van der Waals surface area (Å²) in [6, 6.07) is 7.05. The van der Waals surface area contributed by atoms with Crippen molar-refractivity contribution in [2.75, 3.05) is 13.7 Å². The van der Waals surface area contributed by atoms with Gasteiger partial charge < -0.3 is 14.8 Å². The van der Waals surface area contributed by atoms with Crippen LogP contribution >= 0.6 is 0 Å². The molecule has 4 heteroatoms. The fourth-order valence-corrected chi connectivity index (χ4v) is 1.79. The number of benzene rings is 1. The Bertz CT molecular complexity index is 469. The minimum Gasteiger partial charge on any atom is -0.497 e. The molecule has 0 bridgehead atoms. The van der Waals surface area contributed by atoms with Gasteiger partial charge >= 0.3 is 0 Å². The van der Waals surface area contributed by atoms with E-state index in [1.54, 1.807) is 31.4 Å². The highest BCUT2D eigenvalue weighted by Crippen LogP contribution is 2.17. The van der Waals surface area contributed by atoms with Crippen LogP contribution in [0.1, 0.15) is 26.7 Å². The molecule has 1 amide bonds. The highest BCUT2D eigenvalue weighted by atomic mass is 16.5. The van der Waals surface area contributed by atoms with Gasteiger partial charge in [0.15, 0.2) is 6.61 Å². The smallest absolute Gasteiger partial charge is 0.259 e. The first-order chi connectivity index (χ1) is 9.59. The number of terminal acetylenes is 1. The average Bonchev–Trinajstić information content (AvgIpc) is 2.51. The molecule has 0 fully saturated rings. The van der Waals surface area contributed by atoms with Gasteiger partial charge in [-0.3, -0.25) is 4.79 Å². The first kappa shape index (κ1) is 15.9. The van der Waals surface area contributed by atoms with Crippen LogP contribution < -0.4 is 14.8 Å². The number of nitrogens with one attached hydrogen (secondary N) is 1. The van der Waals surface area contributed by atoms with Crippen molar-refractivity contribution in [2.24, 2.45) is 0 Å². The third-order valence-corrected chi connectivity index (χ3v) is 3.29. The van der Waals surface area contributed by atoms with Crippen LogP contribution in [0.2, 0.25) is 0 Å². The number of ether oxygens (including phenoxy) is 2. The first-order valence-corrected chi connectivity index (χ1v) is 6.64. The molecule has 0 heterocycles. The molecule has 1 aromatic carbocycles.